The molecule has 0 atom stereocenters. The zero-order valence-corrected chi connectivity index (χ0v) is 8.87. The molecule has 0 aliphatic carbocycles. The van der Waals surface area contributed by atoms with E-state index in [-0.39, 0.29) is 0 Å². The molecule has 0 radical (unpaired) electrons. The number of halogens is 1. The Bertz CT molecular complexity index is 436. The van der Waals surface area contributed by atoms with Crippen molar-refractivity contribution >= 4 is 42.6 Å². The van der Waals surface area contributed by atoms with Gasteiger partial charge in [0.15, 0.2) is 5.13 Å². The number of fused-ring (bicyclic) bond motifs is 1. The van der Waals surface area contributed by atoms with Crippen LogP contribution < -0.4 is 5.73 Å². The first-order valence-electron chi connectivity index (χ1n) is 3.49. The number of anilines is 1. The molecule has 62 valence electrons. The van der Waals surface area contributed by atoms with Gasteiger partial charge in [0.25, 0.3) is 0 Å². The van der Waals surface area contributed by atoms with Crippen LogP contribution in [0.25, 0.3) is 10.2 Å². The second-order valence-electron chi connectivity index (χ2n) is 2.60. The van der Waals surface area contributed by atoms with Crippen molar-refractivity contribution in [3.63, 3.8) is 0 Å². The topological polar surface area (TPSA) is 38.9 Å². The van der Waals surface area contributed by atoms with E-state index in [1.165, 1.54) is 16.9 Å². The van der Waals surface area contributed by atoms with Gasteiger partial charge in [-0.15, -0.1) is 0 Å². The van der Waals surface area contributed by atoms with E-state index < -0.39 is 0 Å². The minimum atomic E-state index is 0.622. The lowest BCUT2D eigenvalue weighted by Gasteiger charge is -1.95. The first-order chi connectivity index (χ1) is 5.68. The zero-order chi connectivity index (χ0) is 8.72. The summed E-state index contributed by atoms with van der Waals surface area (Å²) < 4.78 is 2.18. The molecule has 0 unspecified atom stereocenters. The summed E-state index contributed by atoms with van der Waals surface area (Å²) in [4.78, 5) is 4.22. The normalized spacial score (nSPS) is 10.8. The largest absolute Gasteiger partial charge is 0.375 e. The summed E-state index contributed by atoms with van der Waals surface area (Å²) in [5.41, 5.74) is 7.75. The Morgan fingerprint density at radius 2 is 2.25 bits per heavy atom. The van der Waals surface area contributed by atoms with E-state index in [9.17, 15) is 0 Å². The van der Waals surface area contributed by atoms with Crippen LogP contribution in [0.4, 0.5) is 5.13 Å². The predicted octanol–water partition coefficient (Wildman–Crippen LogP) is 2.95. The third-order valence-electron chi connectivity index (χ3n) is 1.71. The summed E-state index contributed by atoms with van der Waals surface area (Å²) in [5.74, 6) is 0. The minimum Gasteiger partial charge on any atom is -0.375 e. The molecule has 0 aliphatic rings. The number of nitrogen functional groups attached to an aromatic ring is 1. The van der Waals surface area contributed by atoms with Gasteiger partial charge in [-0.1, -0.05) is 17.4 Å². The predicted molar refractivity (Wildman–Crippen MR) is 56.5 cm³/mol. The maximum absolute atomic E-state index is 5.60. The maximum Gasteiger partial charge on any atom is 0.181 e. The van der Waals surface area contributed by atoms with Gasteiger partial charge in [0.2, 0.25) is 0 Å². The molecule has 0 aliphatic heterocycles. The Labute approximate surface area is 82.5 Å². The highest BCUT2D eigenvalue weighted by atomic mass is 79.9. The molecular weight excluding hydrogens is 236 g/mol. The molecule has 0 amide bonds. The summed E-state index contributed by atoms with van der Waals surface area (Å²) in [6.45, 7) is 2.04. The van der Waals surface area contributed by atoms with E-state index in [0.717, 1.165) is 14.7 Å². The number of benzene rings is 1. The van der Waals surface area contributed by atoms with Gasteiger partial charge < -0.3 is 5.73 Å². The first-order valence-corrected chi connectivity index (χ1v) is 5.10. The number of thiazole rings is 1. The van der Waals surface area contributed by atoms with Crippen LogP contribution in [0, 0.1) is 6.92 Å². The standard InChI is InChI=1S/C8H7BrN2S/c1-4-2-3-5-7(6(4)9)11-8(10)12-5/h2-3H,1H3,(H2,10,11). The highest BCUT2D eigenvalue weighted by Gasteiger charge is 2.05. The van der Waals surface area contributed by atoms with E-state index in [4.69, 9.17) is 5.73 Å². The Morgan fingerprint density at radius 1 is 1.50 bits per heavy atom. The van der Waals surface area contributed by atoms with Crippen molar-refractivity contribution in [2.45, 2.75) is 6.92 Å². The van der Waals surface area contributed by atoms with Crippen LogP contribution in [0.3, 0.4) is 0 Å². The van der Waals surface area contributed by atoms with Crippen LogP contribution in [-0.2, 0) is 0 Å². The number of rotatable bonds is 0. The molecule has 4 heteroatoms. The maximum atomic E-state index is 5.60. The second-order valence-corrected chi connectivity index (χ2v) is 4.45. The molecule has 1 aromatic carbocycles. The van der Waals surface area contributed by atoms with E-state index in [1.54, 1.807) is 0 Å². The minimum absolute atomic E-state index is 0.622. The summed E-state index contributed by atoms with van der Waals surface area (Å²) >= 11 is 4.99. The van der Waals surface area contributed by atoms with Crippen molar-refractivity contribution in [1.29, 1.82) is 0 Å². The molecule has 0 spiro atoms. The number of hydrogen-bond donors (Lipinski definition) is 1. The molecule has 2 aromatic rings. The summed E-state index contributed by atoms with van der Waals surface area (Å²) in [6, 6.07) is 4.10. The molecule has 0 fully saturated rings. The fourth-order valence-electron chi connectivity index (χ4n) is 1.08. The number of hydrogen-bond acceptors (Lipinski definition) is 3. The fourth-order valence-corrected chi connectivity index (χ4v) is 2.39. The summed E-state index contributed by atoms with van der Waals surface area (Å²) in [5, 5.41) is 0.622. The first kappa shape index (κ1) is 8.01. The molecule has 2 N–H and O–H groups in total. The molecule has 0 saturated carbocycles. The van der Waals surface area contributed by atoms with Gasteiger partial charge in [0.1, 0.15) is 0 Å². The van der Waals surface area contributed by atoms with Crippen LogP contribution in [0.5, 0.6) is 0 Å². The number of nitrogens with two attached hydrogens (primary N) is 1. The molecule has 12 heavy (non-hydrogen) atoms. The van der Waals surface area contributed by atoms with Crippen LogP contribution >= 0.6 is 27.3 Å². The third-order valence-corrected chi connectivity index (χ3v) is 3.56. The third kappa shape index (κ3) is 1.11. The van der Waals surface area contributed by atoms with Crippen LogP contribution in [0.2, 0.25) is 0 Å². The molecule has 2 rings (SSSR count). The van der Waals surface area contributed by atoms with Crippen molar-refractivity contribution in [2.24, 2.45) is 0 Å². The van der Waals surface area contributed by atoms with Crippen molar-refractivity contribution in [1.82, 2.24) is 4.98 Å². The van der Waals surface area contributed by atoms with Crippen LogP contribution in [0.1, 0.15) is 5.56 Å². The second kappa shape index (κ2) is 2.71. The fraction of sp³-hybridized carbons (Fsp3) is 0.125. The Hall–Kier alpha value is -0.610. The monoisotopic (exact) mass is 242 g/mol. The number of aryl methyl sites for hydroxylation is 1. The average Bonchev–Trinajstić information content (AvgIpc) is 2.39. The Kier molecular flexibility index (Phi) is 1.81. The molecule has 1 heterocycles. The van der Waals surface area contributed by atoms with Gasteiger partial charge in [-0.2, -0.15) is 0 Å². The van der Waals surface area contributed by atoms with Crippen molar-refractivity contribution in [3.05, 3.63) is 22.2 Å². The van der Waals surface area contributed by atoms with Gasteiger partial charge in [0, 0.05) is 4.47 Å². The van der Waals surface area contributed by atoms with E-state index >= 15 is 0 Å². The van der Waals surface area contributed by atoms with Gasteiger partial charge in [-0.25, -0.2) is 4.98 Å². The molecule has 0 saturated heterocycles. The van der Waals surface area contributed by atoms with Crippen molar-refractivity contribution in [2.75, 3.05) is 5.73 Å². The Balaban J connectivity index is 2.89. The summed E-state index contributed by atoms with van der Waals surface area (Å²) in [6.07, 6.45) is 0. The van der Waals surface area contributed by atoms with Crippen LogP contribution in [0.15, 0.2) is 16.6 Å². The molecule has 1 aromatic heterocycles. The van der Waals surface area contributed by atoms with Crippen molar-refractivity contribution in [3.8, 4) is 0 Å². The van der Waals surface area contributed by atoms with Gasteiger partial charge in [0.05, 0.1) is 10.2 Å². The molecule has 2 nitrogen and oxygen atoms in total. The quantitative estimate of drug-likeness (QED) is 0.772. The van der Waals surface area contributed by atoms with Gasteiger partial charge in [-0.05, 0) is 34.5 Å². The van der Waals surface area contributed by atoms with Gasteiger partial charge in [-0.3, -0.25) is 0 Å². The Morgan fingerprint density at radius 3 is 3.00 bits per heavy atom. The highest BCUT2D eigenvalue weighted by Crippen LogP contribution is 2.31. The number of nitrogens with zero attached hydrogens (tertiary/aromatic N) is 1. The lowest BCUT2D eigenvalue weighted by Crippen LogP contribution is -1.81. The van der Waals surface area contributed by atoms with E-state index in [2.05, 4.69) is 27.0 Å². The number of aromatic nitrogens is 1. The van der Waals surface area contributed by atoms with E-state index in [1.807, 2.05) is 13.0 Å². The smallest absolute Gasteiger partial charge is 0.181 e. The lowest BCUT2D eigenvalue weighted by atomic mass is 10.2. The van der Waals surface area contributed by atoms with Gasteiger partial charge >= 0.3 is 0 Å². The molecular formula is C8H7BrN2S. The summed E-state index contributed by atoms with van der Waals surface area (Å²) in [7, 11) is 0. The highest BCUT2D eigenvalue weighted by molar-refractivity contribution is 9.10. The zero-order valence-electron chi connectivity index (χ0n) is 6.47. The van der Waals surface area contributed by atoms with Crippen LogP contribution in [-0.4, -0.2) is 4.98 Å². The SMILES string of the molecule is Cc1ccc2sc(N)nc2c1Br. The van der Waals surface area contributed by atoms with Crippen molar-refractivity contribution < 1.29 is 0 Å². The van der Waals surface area contributed by atoms with E-state index in [0.29, 0.717) is 5.13 Å². The lowest BCUT2D eigenvalue weighted by molar-refractivity contribution is 1.42. The average molecular weight is 243 g/mol. The molecule has 0 bridgehead atoms.